The van der Waals surface area contributed by atoms with Crippen LogP contribution in [0.3, 0.4) is 0 Å². The van der Waals surface area contributed by atoms with Crippen molar-refractivity contribution in [2.75, 3.05) is 10.8 Å². The number of carbonyl (C=O) groups excluding carboxylic acids is 2. The monoisotopic (exact) mass is 691 g/mol. The number of halogens is 2. The van der Waals surface area contributed by atoms with Crippen LogP contribution in [0.15, 0.2) is 102 Å². The number of sulfonamides is 1. The summed E-state index contributed by atoms with van der Waals surface area (Å²) in [6.45, 7) is 3.19. The molecule has 1 aliphatic rings. The van der Waals surface area contributed by atoms with Gasteiger partial charge >= 0.3 is 0 Å². The Morgan fingerprint density at radius 3 is 2.09 bits per heavy atom. The molecule has 1 saturated carbocycles. The normalized spacial score (nSPS) is 14.0. The van der Waals surface area contributed by atoms with Gasteiger partial charge in [-0.05, 0) is 85.3 Å². The zero-order valence-electron chi connectivity index (χ0n) is 26.5. The number of amides is 2. The molecule has 0 spiro atoms. The Kier molecular flexibility index (Phi) is 11.3. The van der Waals surface area contributed by atoms with Crippen LogP contribution >= 0.6 is 23.2 Å². The molecular formula is C37H39Cl2N3O4S. The Bertz CT molecular complexity index is 1790. The van der Waals surface area contributed by atoms with Crippen LogP contribution in [-0.4, -0.2) is 43.8 Å². The molecule has 0 bridgehead atoms. The number of nitrogens with zero attached hydrogens (tertiary/aromatic N) is 2. The van der Waals surface area contributed by atoms with Crippen LogP contribution in [0.4, 0.5) is 5.69 Å². The van der Waals surface area contributed by atoms with Crippen LogP contribution < -0.4 is 9.62 Å². The molecule has 4 aromatic rings. The fraction of sp³-hybridized carbons (Fsp3) is 0.297. The summed E-state index contributed by atoms with van der Waals surface area (Å²) in [4.78, 5) is 30.4. The third-order valence-corrected chi connectivity index (χ3v) is 10.8. The predicted octanol–water partition coefficient (Wildman–Crippen LogP) is 7.50. The quantitative estimate of drug-likeness (QED) is 0.167. The van der Waals surface area contributed by atoms with Crippen molar-refractivity contribution >= 4 is 50.7 Å². The second-order valence-electron chi connectivity index (χ2n) is 12.1. The van der Waals surface area contributed by atoms with Crippen molar-refractivity contribution in [1.29, 1.82) is 0 Å². The Labute approximate surface area is 287 Å². The van der Waals surface area contributed by atoms with Crippen LogP contribution in [0, 0.1) is 13.8 Å². The standard InChI is InChI=1S/C37H39Cl2N3O4S/c1-26-19-27(2)21-32(20-26)42(47(45,46)33-15-7-4-8-16-33)25-36(43)41(24-29-17-18-30(38)23-34(29)39)35(22-28-11-5-3-6-12-28)37(44)40-31-13-9-10-14-31/h3-8,11-12,15-21,23,31,35H,9-10,13-14,22,24-25H2,1-2H3,(H,40,44)/t35-/m0/s1. The molecule has 0 radical (unpaired) electrons. The predicted molar refractivity (Wildman–Crippen MR) is 188 cm³/mol. The molecule has 0 saturated heterocycles. The summed E-state index contributed by atoms with van der Waals surface area (Å²) in [6.07, 6.45) is 4.03. The molecule has 10 heteroatoms. The number of aryl methyl sites for hydroxylation is 2. The van der Waals surface area contributed by atoms with E-state index < -0.39 is 28.5 Å². The lowest BCUT2D eigenvalue weighted by Crippen LogP contribution is -2.54. The van der Waals surface area contributed by atoms with E-state index >= 15 is 0 Å². The third kappa shape index (κ3) is 8.74. The van der Waals surface area contributed by atoms with E-state index in [1.54, 1.807) is 48.5 Å². The lowest BCUT2D eigenvalue weighted by Gasteiger charge is -2.34. The van der Waals surface area contributed by atoms with Gasteiger partial charge < -0.3 is 10.2 Å². The molecule has 246 valence electrons. The zero-order chi connectivity index (χ0) is 33.6. The van der Waals surface area contributed by atoms with Crippen LogP contribution in [-0.2, 0) is 32.6 Å². The Morgan fingerprint density at radius 2 is 1.47 bits per heavy atom. The molecule has 0 heterocycles. The Balaban J connectivity index is 1.60. The topological polar surface area (TPSA) is 86.8 Å². The van der Waals surface area contributed by atoms with Gasteiger partial charge in [0.25, 0.3) is 10.0 Å². The van der Waals surface area contributed by atoms with Gasteiger partial charge in [0.2, 0.25) is 11.8 Å². The largest absolute Gasteiger partial charge is 0.352 e. The average Bonchev–Trinajstić information content (AvgIpc) is 3.55. The first-order valence-corrected chi connectivity index (χ1v) is 17.9. The van der Waals surface area contributed by atoms with E-state index in [-0.39, 0.29) is 29.8 Å². The van der Waals surface area contributed by atoms with E-state index in [9.17, 15) is 18.0 Å². The first kappa shape index (κ1) is 34.5. The van der Waals surface area contributed by atoms with Crippen molar-refractivity contribution in [3.63, 3.8) is 0 Å². The fourth-order valence-electron chi connectivity index (χ4n) is 6.10. The number of anilines is 1. The fourth-order valence-corrected chi connectivity index (χ4v) is 7.99. The maximum Gasteiger partial charge on any atom is 0.264 e. The van der Waals surface area contributed by atoms with E-state index in [1.165, 1.54) is 17.0 Å². The second-order valence-corrected chi connectivity index (χ2v) is 14.8. The molecule has 47 heavy (non-hydrogen) atoms. The Hall–Kier alpha value is -3.85. The van der Waals surface area contributed by atoms with Gasteiger partial charge in [-0.25, -0.2) is 8.42 Å². The molecule has 1 fully saturated rings. The number of carbonyl (C=O) groups is 2. The number of nitrogens with one attached hydrogen (secondary N) is 1. The van der Waals surface area contributed by atoms with Gasteiger partial charge in [0.1, 0.15) is 12.6 Å². The first-order chi connectivity index (χ1) is 22.5. The van der Waals surface area contributed by atoms with E-state index in [0.29, 0.717) is 21.3 Å². The molecule has 2 amide bonds. The van der Waals surface area contributed by atoms with E-state index in [2.05, 4.69) is 5.32 Å². The highest BCUT2D eigenvalue weighted by molar-refractivity contribution is 7.92. The highest BCUT2D eigenvalue weighted by Gasteiger charge is 2.36. The minimum Gasteiger partial charge on any atom is -0.352 e. The van der Waals surface area contributed by atoms with E-state index in [4.69, 9.17) is 23.2 Å². The smallest absolute Gasteiger partial charge is 0.264 e. The molecule has 0 unspecified atom stereocenters. The average molecular weight is 693 g/mol. The maximum absolute atomic E-state index is 14.7. The maximum atomic E-state index is 14.7. The Morgan fingerprint density at radius 1 is 0.851 bits per heavy atom. The van der Waals surface area contributed by atoms with Gasteiger partial charge in [0.05, 0.1) is 10.6 Å². The van der Waals surface area contributed by atoms with Crippen LogP contribution in [0.1, 0.15) is 47.9 Å². The summed E-state index contributed by atoms with van der Waals surface area (Å²) in [6, 6.07) is 27.0. The van der Waals surface area contributed by atoms with Gasteiger partial charge in [-0.1, -0.05) is 96.7 Å². The van der Waals surface area contributed by atoms with Gasteiger partial charge in [0, 0.05) is 29.1 Å². The third-order valence-electron chi connectivity index (χ3n) is 8.43. The second kappa shape index (κ2) is 15.4. The van der Waals surface area contributed by atoms with Gasteiger partial charge in [0.15, 0.2) is 0 Å². The summed E-state index contributed by atoms with van der Waals surface area (Å²) < 4.78 is 29.6. The number of rotatable bonds is 12. The number of hydrogen-bond acceptors (Lipinski definition) is 4. The molecule has 1 atom stereocenters. The summed E-state index contributed by atoms with van der Waals surface area (Å²) in [5.74, 6) is -0.833. The molecule has 0 aliphatic heterocycles. The van der Waals surface area contributed by atoms with Crippen molar-refractivity contribution in [3.8, 4) is 0 Å². The van der Waals surface area contributed by atoms with Crippen LogP contribution in [0.5, 0.6) is 0 Å². The number of benzene rings is 4. The molecule has 1 aliphatic carbocycles. The van der Waals surface area contributed by atoms with Crippen molar-refractivity contribution in [1.82, 2.24) is 10.2 Å². The first-order valence-electron chi connectivity index (χ1n) is 15.7. The van der Waals surface area contributed by atoms with Crippen LogP contribution in [0.2, 0.25) is 10.0 Å². The van der Waals surface area contributed by atoms with Crippen molar-refractivity contribution in [2.24, 2.45) is 0 Å². The molecular weight excluding hydrogens is 653 g/mol. The SMILES string of the molecule is Cc1cc(C)cc(N(CC(=O)N(Cc2ccc(Cl)cc2Cl)[C@@H](Cc2ccccc2)C(=O)NC2CCCC2)S(=O)(=O)c2ccccc2)c1. The van der Waals surface area contributed by atoms with E-state index in [0.717, 1.165) is 46.7 Å². The summed E-state index contributed by atoms with van der Waals surface area (Å²) in [5, 5.41) is 3.96. The van der Waals surface area contributed by atoms with Gasteiger partial charge in [-0.3, -0.25) is 13.9 Å². The minimum absolute atomic E-state index is 0.0158. The van der Waals surface area contributed by atoms with Crippen molar-refractivity contribution < 1.29 is 18.0 Å². The molecule has 4 aromatic carbocycles. The molecule has 1 N–H and O–H groups in total. The number of hydrogen-bond donors (Lipinski definition) is 1. The highest BCUT2D eigenvalue weighted by Crippen LogP contribution is 2.29. The van der Waals surface area contributed by atoms with Crippen molar-refractivity contribution in [3.05, 3.63) is 129 Å². The molecule has 5 rings (SSSR count). The lowest BCUT2D eigenvalue weighted by molar-refractivity contribution is -0.140. The van der Waals surface area contributed by atoms with E-state index in [1.807, 2.05) is 50.2 Å². The molecule has 0 aromatic heterocycles. The lowest BCUT2D eigenvalue weighted by atomic mass is 10.0. The van der Waals surface area contributed by atoms with Crippen LogP contribution in [0.25, 0.3) is 0 Å². The highest BCUT2D eigenvalue weighted by atomic mass is 35.5. The van der Waals surface area contributed by atoms with Gasteiger partial charge in [-0.2, -0.15) is 0 Å². The van der Waals surface area contributed by atoms with Gasteiger partial charge in [-0.15, -0.1) is 0 Å². The van der Waals surface area contributed by atoms with Crippen molar-refractivity contribution in [2.45, 2.75) is 69.5 Å². The zero-order valence-corrected chi connectivity index (χ0v) is 28.9. The summed E-state index contributed by atoms with van der Waals surface area (Å²) >= 11 is 12.8. The summed E-state index contributed by atoms with van der Waals surface area (Å²) in [5.41, 5.74) is 3.51. The molecule has 7 nitrogen and oxygen atoms in total. The summed E-state index contributed by atoms with van der Waals surface area (Å²) in [7, 11) is -4.18. The minimum atomic E-state index is -4.18.